The van der Waals surface area contributed by atoms with Crippen molar-refractivity contribution in [1.82, 2.24) is 4.90 Å². The van der Waals surface area contributed by atoms with E-state index in [1.54, 1.807) is 36.4 Å². The summed E-state index contributed by atoms with van der Waals surface area (Å²) < 4.78 is 21.8. The average Bonchev–Trinajstić information content (AvgIpc) is 3.06. The van der Waals surface area contributed by atoms with E-state index in [0.717, 1.165) is 0 Å². The van der Waals surface area contributed by atoms with Crippen LogP contribution in [0.4, 0.5) is 0 Å². The minimum atomic E-state index is -0.869. The fourth-order valence-corrected chi connectivity index (χ4v) is 3.84. The SMILES string of the molecule is COCCN1C(=O)C(=O)/C(=C(/O)c2cc(OC)ccc2OC)C1c1ccccc1OC(C)C. The van der Waals surface area contributed by atoms with E-state index in [2.05, 4.69) is 0 Å². The Hall–Kier alpha value is -3.52. The Kier molecular flexibility index (Phi) is 7.60. The predicted octanol–water partition coefficient (Wildman–Crippen LogP) is 3.56. The molecule has 176 valence electrons. The third-order valence-corrected chi connectivity index (χ3v) is 5.31. The van der Waals surface area contributed by atoms with Crippen LogP contribution in [0.15, 0.2) is 48.0 Å². The lowest BCUT2D eigenvalue weighted by Crippen LogP contribution is -2.33. The van der Waals surface area contributed by atoms with Crippen LogP contribution in [-0.4, -0.2) is 62.3 Å². The van der Waals surface area contributed by atoms with Crippen LogP contribution in [0.3, 0.4) is 0 Å². The van der Waals surface area contributed by atoms with Crippen molar-refractivity contribution in [2.75, 3.05) is 34.5 Å². The molecule has 0 aromatic heterocycles. The highest BCUT2D eigenvalue weighted by Gasteiger charge is 2.47. The number of rotatable bonds is 9. The van der Waals surface area contributed by atoms with Gasteiger partial charge < -0.3 is 29.0 Å². The number of aliphatic hydroxyl groups is 1. The van der Waals surface area contributed by atoms with Crippen LogP contribution in [0.25, 0.3) is 5.76 Å². The van der Waals surface area contributed by atoms with E-state index in [4.69, 9.17) is 18.9 Å². The van der Waals surface area contributed by atoms with Crippen molar-refractivity contribution in [2.45, 2.75) is 26.0 Å². The normalized spacial score (nSPS) is 17.5. The second kappa shape index (κ2) is 10.4. The molecule has 1 atom stereocenters. The number of carbonyl (C=O) groups is 2. The summed E-state index contributed by atoms with van der Waals surface area (Å²) in [7, 11) is 4.47. The van der Waals surface area contributed by atoms with Crippen LogP contribution in [0.1, 0.15) is 31.0 Å². The predicted molar refractivity (Wildman–Crippen MR) is 123 cm³/mol. The van der Waals surface area contributed by atoms with Crippen LogP contribution in [0.2, 0.25) is 0 Å². The number of hydrogen-bond acceptors (Lipinski definition) is 7. The minimum Gasteiger partial charge on any atom is -0.507 e. The number of aliphatic hydroxyl groups excluding tert-OH is 1. The summed E-state index contributed by atoms with van der Waals surface area (Å²) in [6.07, 6.45) is -0.133. The van der Waals surface area contributed by atoms with Gasteiger partial charge in [-0.2, -0.15) is 0 Å². The number of ketones is 1. The quantitative estimate of drug-likeness (QED) is 0.351. The molecule has 1 aliphatic rings. The first kappa shape index (κ1) is 24.1. The number of likely N-dealkylation sites (tertiary alicyclic amines) is 1. The molecule has 8 nitrogen and oxygen atoms in total. The molecule has 8 heteroatoms. The standard InChI is InChI=1S/C25H29NO7/c1-15(2)33-20-9-7-6-8-17(20)22-21(24(28)25(29)26(22)12-13-30-3)23(27)18-14-16(31-4)10-11-19(18)32-5/h6-11,14-15,22,27H,12-13H2,1-5H3/b23-21+. The third-order valence-electron chi connectivity index (χ3n) is 5.31. The van der Waals surface area contributed by atoms with Gasteiger partial charge in [0.15, 0.2) is 0 Å². The van der Waals surface area contributed by atoms with E-state index in [1.165, 1.54) is 26.2 Å². The Bertz CT molecular complexity index is 1060. The Labute approximate surface area is 193 Å². The van der Waals surface area contributed by atoms with Gasteiger partial charge in [0.1, 0.15) is 23.0 Å². The highest BCUT2D eigenvalue weighted by Crippen LogP contribution is 2.44. The Balaban J connectivity index is 2.27. The van der Waals surface area contributed by atoms with Gasteiger partial charge in [-0.15, -0.1) is 0 Å². The fraction of sp³-hybridized carbons (Fsp3) is 0.360. The monoisotopic (exact) mass is 455 g/mol. The number of para-hydroxylation sites is 1. The molecule has 1 unspecified atom stereocenters. The lowest BCUT2D eigenvalue weighted by molar-refractivity contribution is -0.140. The van der Waals surface area contributed by atoms with E-state index >= 15 is 0 Å². The van der Waals surface area contributed by atoms with Gasteiger partial charge >= 0.3 is 0 Å². The van der Waals surface area contributed by atoms with Crippen molar-refractivity contribution < 1.29 is 33.6 Å². The molecule has 1 heterocycles. The van der Waals surface area contributed by atoms with E-state index in [1.807, 2.05) is 19.9 Å². The van der Waals surface area contributed by atoms with Gasteiger partial charge in [-0.25, -0.2) is 0 Å². The topological polar surface area (TPSA) is 94.5 Å². The number of carbonyl (C=O) groups excluding carboxylic acids is 2. The van der Waals surface area contributed by atoms with Gasteiger partial charge in [-0.1, -0.05) is 18.2 Å². The van der Waals surface area contributed by atoms with E-state index in [0.29, 0.717) is 22.8 Å². The Morgan fingerprint density at radius 2 is 1.76 bits per heavy atom. The van der Waals surface area contributed by atoms with E-state index in [-0.39, 0.29) is 36.2 Å². The smallest absolute Gasteiger partial charge is 0.295 e. The summed E-state index contributed by atoms with van der Waals surface area (Å²) in [6.45, 7) is 4.16. The number of Topliss-reactive ketones (excluding diaryl/α,β-unsaturated/α-hetero) is 1. The van der Waals surface area contributed by atoms with Gasteiger partial charge in [0.25, 0.3) is 11.7 Å². The molecule has 2 aromatic carbocycles. The maximum Gasteiger partial charge on any atom is 0.295 e. The fourth-order valence-electron chi connectivity index (χ4n) is 3.84. The minimum absolute atomic E-state index is 0.0533. The molecular weight excluding hydrogens is 426 g/mol. The first-order valence-electron chi connectivity index (χ1n) is 10.6. The van der Waals surface area contributed by atoms with Gasteiger partial charge in [0.2, 0.25) is 0 Å². The molecule has 0 spiro atoms. The molecule has 0 radical (unpaired) electrons. The van der Waals surface area contributed by atoms with Gasteiger partial charge in [-0.05, 0) is 38.1 Å². The van der Waals surface area contributed by atoms with Crippen molar-refractivity contribution >= 4 is 17.4 Å². The lowest BCUT2D eigenvalue weighted by atomic mass is 9.94. The first-order valence-corrected chi connectivity index (χ1v) is 10.6. The number of amides is 1. The molecule has 1 saturated heterocycles. The highest BCUT2D eigenvalue weighted by molar-refractivity contribution is 6.46. The summed E-state index contributed by atoms with van der Waals surface area (Å²) in [4.78, 5) is 27.6. The molecule has 33 heavy (non-hydrogen) atoms. The molecule has 3 rings (SSSR count). The molecule has 0 aliphatic carbocycles. The van der Waals surface area contributed by atoms with Crippen LogP contribution < -0.4 is 14.2 Å². The van der Waals surface area contributed by atoms with Crippen molar-refractivity contribution in [3.63, 3.8) is 0 Å². The van der Waals surface area contributed by atoms with Crippen molar-refractivity contribution in [2.24, 2.45) is 0 Å². The second-order valence-corrected chi connectivity index (χ2v) is 7.76. The number of ether oxygens (including phenoxy) is 4. The van der Waals surface area contributed by atoms with Gasteiger partial charge in [-0.3, -0.25) is 9.59 Å². The van der Waals surface area contributed by atoms with E-state index < -0.39 is 17.7 Å². The number of benzene rings is 2. The third kappa shape index (κ3) is 4.80. The van der Waals surface area contributed by atoms with Crippen LogP contribution in [-0.2, 0) is 14.3 Å². The molecular formula is C25H29NO7. The van der Waals surface area contributed by atoms with E-state index in [9.17, 15) is 14.7 Å². The Morgan fingerprint density at radius 1 is 1.03 bits per heavy atom. The second-order valence-electron chi connectivity index (χ2n) is 7.76. The zero-order valence-electron chi connectivity index (χ0n) is 19.5. The first-order chi connectivity index (χ1) is 15.8. The summed E-state index contributed by atoms with van der Waals surface area (Å²) in [5.41, 5.74) is 0.779. The summed E-state index contributed by atoms with van der Waals surface area (Å²) in [6, 6.07) is 11.2. The average molecular weight is 456 g/mol. The number of hydrogen-bond donors (Lipinski definition) is 1. The molecule has 1 amide bonds. The highest BCUT2D eigenvalue weighted by atomic mass is 16.5. The molecule has 1 fully saturated rings. The zero-order valence-corrected chi connectivity index (χ0v) is 19.5. The lowest BCUT2D eigenvalue weighted by Gasteiger charge is -2.27. The van der Waals surface area contributed by atoms with Crippen LogP contribution in [0.5, 0.6) is 17.2 Å². The van der Waals surface area contributed by atoms with Crippen molar-refractivity contribution in [3.8, 4) is 17.2 Å². The molecule has 2 aromatic rings. The maximum atomic E-state index is 13.2. The molecule has 1 N–H and O–H groups in total. The van der Waals surface area contributed by atoms with Crippen molar-refractivity contribution in [1.29, 1.82) is 0 Å². The number of nitrogens with zero attached hydrogens (tertiary/aromatic N) is 1. The van der Waals surface area contributed by atoms with Crippen LogP contribution >= 0.6 is 0 Å². The molecule has 0 saturated carbocycles. The molecule has 1 aliphatic heterocycles. The van der Waals surface area contributed by atoms with Gasteiger partial charge in [0, 0.05) is 19.2 Å². The Morgan fingerprint density at radius 3 is 2.39 bits per heavy atom. The molecule has 0 bridgehead atoms. The summed E-state index contributed by atoms with van der Waals surface area (Å²) >= 11 is 0. The zero-order chi connectivity index (χ0) is 24.1. The number of methoxy groups -OCH3 is 3. The van der Waals surface area contributed by atoms with Crippen LogP contribution in [0, 0.1) is 0 Å². The maximum absolute atomic E-state index is 13.2. The summed E-state index contributed by atoms with van der Waals surface area (Å²) in [5.74, 6) is -0.552. The summed E-state index contributed by atoms with van der Waals surface area (Å²) in [5, 5.41) is 11.4. The largest absolute Gasteiger partial charge is 0.507 e. The van der Waals surface area contributed by atoms with Crippen molar-refractivity contribution in [3.05, 3.63) is 59.2 Å². The van der Waals surface area contributed by atoms with Gasteiger partial charge in [0.05, 0.1) is 44.1 Å².